The van der Waals surface area contributed by atoms with Gasteiger partial charge in [0.05, 0.1) is 27.7 Å². The average Bonchev–Trinajstić information content (AvgIpc) is 3.16. The molecule has 0 unspecified atom stereocenters. The summed E-state index contributed by atoms with van der Waals surface area (Å²) < 4.78 is 3.78. The highest BCUT2D eigenvalue weighted by Gasteiger charge is 2.12. The molecule has 0 saturated carbocycles. The number of fused-ring (bicyclic) bond motifs is 5. The standard InChI is InChI=1S/C21H16N6O2/c1-2-26-20-18(13-22-26)19-17-6-4-3-5-14(17)11-12-25(19)21(24-20)23-15-7-9-16(10-8-15)27(28)29/h3-13H,2H2,1H3. The smallest absolute Gasteiger partial charge is 0.269 e. The topological polar surface area (TPSA) is 90.6 Å². The second-order valence-electron chi connectivity index (χ2n) is 6.62. The molecule has 2 aromatic carbocycles. The second-order valence-corrected chi connectivity index (χ2v) is 6.62. The van der Waals surface area contributed by atoms with Gasteiger partial charge in [0, 0.05) is 30.3 Å². The summed E-state index contributed by atoms with van der Waals surface area (Å²) in [5.41, 5.74) is 2.84. The van der Waals surface area contributed by atoms with Crippen molar-refractivity contribution in [3.05, 3.63) is 82.7 Å². The van der Waals surface area contributed by atoms with Crippen LogP contribution in [0.25, 0.3) is 27.3 Å². The van der Waals surface area contributed by atoms with Crippen molar-refractivity contribution in [1.82, 2.24) is 19.2 Å². The first-order chi connectivity index (χ1) is 14.2. The normalized spacial score (nSPS) is 12.2. The second kappa shape index (κ2) is 6.52. The molecular weight excluding hydrogens is 368 g/mol. The van der Waals surface area contributed by atoms with Crippen molar-refractivity contribution in [3.8, 4) is 0 Å². The molecule has 0 aliphatic carbocycles. The average molecular weight is 384 g/mol. The predicted molar refractivity (Wildman–Crippen MR) is 110 cm³/mol. The molecule has 29 heavy (non-hydrogen) atoms. The summed E-state index contributed by atoms with van der Waals surface area (Å²) in [6.07, 6.45) is 3.78. The molecule has 0 aliphatic heterocycles. The summed E-state index contributed by atoms with van der Waals surface area (Å²) in [5, 5.41) is 18.5. The van der Waals surface area contributed by atoms with Gasteiger partial charge < -0.3 is 0 Å². The monoisotopic (exact) mass is 384 g/mol. The summed E-state index contributed by atoms with van der Waals surface area (Å²) in [5.74, 6) is 0. The van der Waals surface area contributed by atoms with Crippen LogP contribution in [0, 0.1) is 10.1 Å². The van der Waals surface area contributed by atoms with Gasteiger partial charge in [-0.25, -0.2) is 9.67 Å². The third-order valence-electron chi connectivity index (χ3n) is 4.94. The van der Waals surface area contributed by atoms with Gasteiger partial charge in [-0.15, -0.1) is 0 Å². The van der Waals surface area contributed by atoms with Crippen molar-refractivity contribution < 1.29 is 4.92 Å². The van der Waals surface area contributed by atoms with Crippen LogP contribution in [0.2, 0.25) is 0 Å². The van der Waals surface area contributed by atoms with E-state index >= 15 is 0 Å². The van der Waals surface area contributed by atoms with Gasteiger partial charge in [-0.2, -0.15) is 10.1 Å². The van der Waals surface area contributed by atoms with Crippen LogP contribution in [0.5, 0.6) is 0 Å². The summed E-state index contributed by atoms with van der Waals surface area (Å²) in [4.78, 5) is 19.9. The zero-order valence-corrected chi connectivity index (χ0v) is 15.6. The lowest BCUT2D eigenvalue weighted by Crippen LogP contribution is -2.20. The summed E-state index contributed by atoms with van der Waals surface area (Å²) in [7, 11) is 0. The molecule has 3 heterocycles. The highest BCUT2D eigenvalue weighted by atomic mass is 16.6. The molecule has 0 bridgehead atoms. The van der Waals surface area contributed by atoms with Crippen molar-refractivity contribution in [2.24, 2.45) is 4.99 Å². The van der Waals surface area contributed by atoms with Crippen molar-refractivity contribution in [2.45, 2.75) is 13.5 Å². The molecule has 0 amide bonds. The molecule has 5 rings (SSSR count). The fraction of sp³-hybridized carbons (Fsp3) is 0.0952. The van der Waals surface area contributed by atoms with E-state index in [9.17, 15) is 10.1 Å². The Bertz CT molecular complexity index is 1460. The molecule has 0 radical (unpaired) electrons. The van der Waals surface area contributed by atoms with E-state index in [0.29, 0.717) is 17.9 Å². The van der Waals surface area contributed by atoms with E-state index in [-0.39, 0.29) is 5.69 Å². The van der Waals surface area contributed by atoms with Crippen molar-refractivity contribution in [2.75, 3.05) is 0 Å². The Kier molecular flexibility index (Phi) is 3.83. The molecule has 142 valence electrons. The number of rotatable bonds is 3. The molecule has 0 atom stereocenters. The lowest BCUT2D eigenvalue weighted by atomic mass is 10.1. The number of hydrogen-bond acceptors (Lipinski definition) is 5. The summed E-state index contributed by atoms with van der Waals surface area (Å²) >= 11 is 0. The van der Waals surface area contributed by atoms with Crippen molar-refractivity contribution in [1.29, 1.82) is 0 Å². The zero-order chi connectivity index (χ0) is 20.0. The summed E-state index contributed by atoms with van der Waals surface area (Å²) in [6, 6.07) is 16.3. The minimum atomic E-state index is -0.426. The van der Waals surface area contributed by atoms with Crippen molar-refractivity contribution >= 4 is 38.7 Å². The first kappa shape index (κ1) is 17.1. The number of hydrogen-bond donors (Lipinski definition) is 0. The third-order valence-corrected chi connectivity index (χ3v) is 4.94. The minimum Gasteiger partial charge on any atom is -0.284 e. The number of aromatic nitrogens is 4. The van der Waals surface area contributed by atoms with Crippen LogP contribution < -0.4 is 5.62 Å². The molecule has 0 fully saturated rings. The van der Waals surface area contributed by atoms with E-state index < -0.39 is 4.92 Å². The van der Waals surface area contributed by atoms with E-state index in [1.807, 2.05) is 46.6 Å². The maximum Gasteiger partial charge on any atom is 0.269 e. The molecule has 8 nitrogen and oxygen atoms in total. The summed E-state index contributed by atoms with van der Waals surface area (Å²) in [6.45, 7) is 2.70. The Morgan fingerprint density at radius 1 is 1.07 bits per heavy atom. The Hall–Kier alpha value is -4.07. The van der Waals surface area contributed by atoms with Crippen LogP contribution in [-0.4, -0.2) is 24.1 Å². The maximum absolute atomic E-state index is 10.9. The Morgan fingerprint density at radius 2 is 1.86 bits per heavy atom. The minimum absolute atomic E-state index is 0.0277. The van der Waals surface area contributed by atoms with Crippen LogP contribution >= 0.6 is 0 Å². The van der Waals surface area contributed by atoms with Crippen LogP contribution in [0.4, 0.5) is 11.4 Å². The number of nitro benzene ring substituents is 1. The molecule has 3 aromatic heterocycles. The molecule has 0 spiro atoms. The van der Waals surface area contributed by atoms with Crippen molar-refractivity contribution in [3.63, 3.8) is 0 Å². The number of pyridine rings is 1. The SMILES string of the molecule is CCn1ncc2c1nc(=Nc1ccc([N+](=O)[O-])cc1)n1ccc3ccccc3c21. The highest BCUT2D eigenvalue weighted by Crippen LogP contribution is 2.25. The number of non-ortho nitro benzene ring substituents is 1. The van der Waals surface area contributed by atoms with Crippen LogP contribution in [-0.2, 0) is 6.54 Å². The first-order valence-electron chi connectivity index (χ1n) is 9.20. The van der Waals surface area contributed by atoms with Crippen LogP contribution in [0.15, 0.2) is 72.0 Å². The maximum atomic E-state index is 10.9. The number of benzene rings is 2. The first-order valence-corrected chi connectivity index (χ1v) is 9.20. The van der Waals surface area contributed by atoms with Gasteiger partial charge in [-0.05, 0) is 30.5 Å². The number of nitro groups is 1. The Morgan fingerprint density at radius 3 is 2.62 bits per heavy atom. The lowest BCUT2D eigenvalue weighted by Gasteiger charge is -2.08. The number of nitrogens with zero attached hydrogens (tertiary/aromatic N) is 6. The van der Waals surface area contributed by atoms with Gasteiger partial charge in [-0.3, -0.25) is 14.5 Å². The Labute approximate surface area is 164 Å². The zero-order valence-electron chi connectivity index (χ0n) is 15.6. The molecule has 0 aliphatic rings. The van der Waals surface area contributed by atoms with E-state index in [2.05, 4.69) is 22.2 Å². The van der Waals surface area contributed by atoms with Gasteiger partial charge in [-0.1, -0.05) is 24.3 Å². The molecule has 5 aromatic rings. The Balaban J connectivity index is 1.89. The molecule has 0 saturated heterocycles. The third kappa shape index (κ3) is 2.73. The number of aryl methyl sites for hydroxylation is 1. The quantitative estimate of drug-likeness (QED) is 0.267. The van der Waals surface area contributed by atoms with E-state index in [0.717, 1.165) is 27.3 Å². The largest absolute Gasteiger partial charge is 0.284 e. The highest BCUT2D eigenvalue weighted by molar-refractivity contribution is 6.07. The van der Waals surface area contributed by atoms with Crippen LogP contribution in [0.3, 0.4) is 0 Å². The fourth-order valence-electron chi connectivity index (χ4n) is 3.55. The fourth-order valence-corrected chi connectivity index (χ4v) is 3.55. The van der Waals surface area contributed by atoms with Gasteiger partial charge in [0.1, 0.15) is 0 Å². The van der Waals surface area contributed by atoms with E-state index in [4.69, 9.17) is 4.98 Å². The molecule has 0 N–H and O–H groups in total. The lowest BCUT2D eigenvalue weighted by molar-refractivity contribution is -0.384. The molecular formula is C21H16N6O2. The van der Waals surface area contributed by atoms with Gasteiger partial charge >= 0.3 is 0 Å². The predicted octanol–water partition coefficient (Wildman–Crippen LogP) is 4.00. The van der Waals surface area contributed by atoms with Gasteiger partial charge in [0.25, 0.3) is 5.69 Å². The van der Waals surface area contributed by atoms with E-state index in [1.54, 1.807) is 12.1 Å². The van der Waals surface area contributed by atoms with E-state index in [1.165, 1.54) is 12.1 Å². The van der Waals surface area contributed by atoms with Crippen LogP contribution in [0.1, 0.15) is 6.92 Å². The van der Waals surface area contributed by atoms with Gasteiger partial charge in [0.15, 0.2) is 5.65 Å². The van der Waals surface area contributed by atoms with Gasteiger partial charge in [0.2, 0.25) is 5.62 Å². The molecule has 8 heteroatoms.